The highest BCUT2D eigenvalue weighted by molar-refractivity contribution is 5.85. The normalized spacial score (nSPS) is 11.0. The van der Waals surface area contributed by atoms with Crippen molar-refractivity contribution in [1.82, 2.24) is 9.55 Å². The van der Waals surface area contributed by atoms with E-state index < -0.39 is 22.9 Å². The highest BCUT2D eigenvalue weighted by atomic mass is 19.1. The molecule has 8 heteroatoms. The second-order valence-electron chi connectivity index (χ2n) is 5.21. The Morgan fingerprint density at radius 3 is 2.58 bits per heavy atom. The standard InChI is InChI=1S/C18H14FN3O4/c1-26-15-9-5-3-7-13(15)20-10-11-16(23)21-18(25)22(17(11)24)14-8-4-2-6-12(14)19/h2-10,24H,1H3,(H,21,23,25). The molecule has 0 aliphatic carbocycles. The summed E-state index contributed by atoms with van der Waals surface area (Å²) in [5.74, 6) is -0.992. The minimum Gasteiger partial charge on any atom is -0.494 e. The Morgan fingerprint density at radius 1 is 1.15 bits per heavy atom. The van der Waals surface area contributed by atoms with E-state index >= 15 is 0 Å². The molecule has 26 heavy (non-hydrogen) atoms. The average Bonchev–Trinajstić information content (AvgIpc) is 2.63. The van der Waals surface area contributed by atoms with Gasteiger partial charge in [0.2, 0.25) is 5.88 Å². The van der Waals surface area contributed by atoms with Gasteiger partial charge in [-0.2, -0.15) is 0 Å². The van der Waals surface area contributed by atoms with Gasteiger partial charge in [-0.15, -0.1) is 0 Å². The Labute approximate surface area is 146 Å². The van der Waals surface area contributed by atoms with Crippen molar-refractivity contribution in [2.24, 2.45) is 4.99 Å². The lowest BCUT2D eigenvalue weighted by molar-refractivity contribution is 0.416. The third-order valence-corrected chi connectivity index (χ3v) is 3.63. The molecule has 1 aromatic heterocycles. The van der Waals surface area contributed by atoms with Gasteiger partial charge in [-0.1, -0.05) is 24.3 Å². The molecule has 0 aliphatic rings. The Morgan fingerprint density at radius 2 is 1.85 bits per heavy atom. The van der Waals surface area contributed by atoms with Crippen LogP contribution in [0.4, 0.5) is 10.1 Å². The van der Waals surface area contributed by atoms with E-state index in [1.54, 1.807) is 24.3 Å². The van der Waals surface area contributed by atoms with Crippen molar-refractivity contribution in [3.05, 3.63) is 80.7 Å². The zero-order valence-electron chi connectivity index (χ0n) is 13.6. The van der Waals surface area contributed by atoms with Gasteiger partial charge in [0.1, 0.15) is 22.8 Å². The number of hydrogen-bond donors (Lipinski definition) is 2. The van der Waals surface area contributed by atoms with Crippen molar-refractivity contribution < 1.29 is 14.2 Å². The lowest BCUT2D eigenvalue weighted by Crippen LogP contribution is -2.31. The first-order chi connectivity index (χ1) is 12.5. The number of nitrogens with one attached hydrogen (secondary N) is 1. The van der Waals surface area contributed by atoms with Gasteiger partial charge in [0.05, 0.1) is 12.8 Å². The molecular weight excluding hydrogens is 341 g/mol. The average molecular weight is 355 g/mol. The van der Waals surface area contributed by atoms with E-state index in [2.05, 4.69) is 4.99 Å². The number of rotatable bonds is 4. The van der Waals surface area contributed by atoms with Crippen molar-refractivity contribution >= 4 is 11.9 Å². The Hall–Kier alpha value is -3.68. The van der Waals surface area contributed by atoms with Gasteiger partial charge in [0.25, 0.3) is 5.56 Å². The van der Waals surface area contributed by atoms with E-state index in [1.807, 2.05) is 4.98 Å². The first-order valence-corrected chi connectivity index (χ1v) is 7.53. The van der Waals surface area contributed by atoms with E-state index in [4.69, 9.17) is 4.74 Å². The molecule has 3 rings (SSSR count). The SMILES string of the molecule is COc1ccccc1N=Cc1c(O)n(-c2ccccc2F)c(=O)[nH]c1=O. The van der Waals surface area contributed by atoms with Gasteiger partial charge < -0.3 is 9.84 Å². The second kappa shape index (κ2) is 7.06. The van der Waals surface area contributed by atoms with Gasteiger partial charge in [0, 0.05) is 6.21 Å². The molecular formula is C18H14FN3O4. The fourth-order valence-electron chi connectivity index (χ4n) is 2.38. The predicted octanol–water partition coefficient (Wildman–Crippen LogP) is 2.13. The number of methoxy groups -OCH3 is 1. The van der Waals surface area contributed by atoms with E-state index in [0.717, 1.165) is 12.3 Å². The van der Waals surface area contributed by atoms with Crippen LogP contribution in [0.3, 0.4) is 0 Å². The van der Waals surface area contributed by atoms with Crippen molar-refractivity contribution in [2.75, 3.05) is 7.11 Å². The largest absolute Gasteiger partial charge is 0.494 e. The Bertz CT molecular complexity index is 1100. The molecule has 1 heterocycles. The van der Waals surface area contributed by atoms with Crippen LogP contribution in [-0.2, 0) is 0 Å². The monoisotopic (exact) mass is 355 g/mol. The summed E-state index contributed by atoms with van der Waals surface area (Å²) in [5.41, 5.74) is -1.89. The summed E-state index contributed by atoms with van der Waals surface area (Å²) in [5, 5.41) is 10.4. The summed E-state index contributed by atoms with van der Waals surface area (Å²) in [4.78, 5) is 30.3. The minimum absolute atomic E-state index is 0.196. The topological polar surface area (TPSA) is 96.7 Å². The van der Waals surface area contributed by atoms with Crippen molar-refractivity contribution in [2.45, 2.75) is 0 Å². The summed E-state index contributed by atoms with van der Waals surface area (Å²) in [6, 6.07) is 12.2. The van der Waals surface area contributed by atoms with Crippen molar-refractivity contribution in [1.29, 1.82) is 0 Å². The van der Waals surface area contributed by atoms with Crippen LogP contribution in [0.15, 0.2) is 63.1 Å². The van der Waals surface area contributed by atoms with Crippen LogP contribution in [0.5, 0.6) is 11.6 Å². The molecule has 0 saturated heterocycles. The van der Waals surface area contributed by atoms with E-state index in [0.29, 0.717) is 16.0 Å². The fraction of sp³-hybridized carbons (Fsp3) is 0.0556. The number of ether oxygens (including phenoxy) is 1. The summed E-state index contributed by atoms with van der Waals surface area (Å²) in [6.07, 6.45) is 1.09. The van der Waals surface area contributed by atoms with Crippen LogP contribution in [-0.4, -0.2) is 28.0 Å². The number of aromatic amines is 1. The van der Waals surface area contributed by atoms with E-state index in [1.165, 1.54) is 25.3 Å². The third-order valence-electron chi connectivity index (χ3n) is 3.63. The molecule has 0 aliphatic heterocycles. The number of aromatic hydroxyl groups is 1. The van der Waals surface area contributed by atoms with Gasteiger partial charge in [-0.25, -0.2) is 13.8 Å². The second-order valence-corrected chi connectivity index (χ2v) is 5.21. The van der Waals surface area contributed by atoms with Crippen LogP contribution in [0.1, 0.15) is 5.56 Å². The molecule has 0 spiro atoms. The molecule has 7 nitrogen and oxygen atoms in total. The summed E-state index contributed by atoms with van der Waals surface area (Å²) in [7, 11) is 1.47. The van der Waals surface area contributed by atoms with Gasteiger partial charge in [0.15, 0.2) is 0 Å². The quantitative estimate of drug-likeness (QED) is 0.701. The van der Waals surface area contributed by atoms with Crippen molar-refractivity contribution in [3.8, 4) is 17.3 Å². The smallest absolute Gasteiger partial charge is 0.335 e. The van der Waals surface area contributed by atoms with Crippen LogP contribution in [0.25, 0.3) is 5.69 Å². The number of benzene rings is 2. The molecule has 0 unspecified atom stereocenters. The Kier molecular flexibility index (Phi) is 4.66. The van der Waals surface area contributed by atoms with Gasteiger partial charge >= 0.3 is 5.69 Å². The maximum absolute atomic E-state index is 14.0. The molecule has 132 valence electrons. The highest BCUT2D eigenvalue weighted by Gasteiger charge is 2.16. The molecule has 0 atom stereocenters. The summed E-state index contributed by atoms with van der Waals surface area (Å²) < 4.78 is 19.8. The van der Waals surface area contributed by atoms with Crippen LogP contribution >= 0.6 is 0 Å². The summed E-state index contributed by atoms with van der Waals surface area (Å²) in [6.45, 7) is 0. The minimum atomic E-state index is -0.966. The van der Waals surface area contributed by atoms with Gasteiger partial charge in [-0.05, 0) is 24.3 Å². The molecule has 0 bridgehead atoms. The number of hydrogen-bond acceptors (Lipinski definition) is 5. The maximum Gasteiger partial charge on any atom is 0.335 e. The highest BCUT2D eigenvalue weighted by Crippen LogP contribution is 2.26. The number of halogens is 1. The zero-order valence-corrected chi connectivity index (χ0v) is 13.6. The molecule has 3 aromatic rings. The Balaban J connectivity index is 2.16. The number of aliphatic imine (C=N–C) groups is 1. The lowest BCUT2D eigenvalue weighted by Gasteiger charge is -2.10. The van der Waals surface area contributed by atoms with E-state index in [-0.39, 0.29) is 11.3 Å². The number of aromatic nitrogens is 2. The number of para-hydroxylation sites is 3. The molecule has 2 aromatic carbocycles. The third kappa shape index (κ3) is 3.12. The van der Waals surface area contributed by atoms with Crippen LogP contribution in [0.2, 0.25) is 0 Å². The summed E-state index contributed by atoms with van der Waals surface area (Å²) >= 11 is 0. The van der Waals surface area contributed by atoms with Crippen LogP contribution < -0.4 is 16.0 Å². The predicted molar refractivity (Wildman–Crippen MR) is 94.5 cm³/mol. The first kappa shape index (κ1) is 17.2. The van der Waals surface area contributed by atoms with E-state index in [9.17, 15) is 19.1 Å². The van der Waals surface area contributed by atoms with Crippen LogP contribution in [0, 0.1) is 5.82 Å². The number of H-pyrrole nitrogens is 1. The molecule has 0 fully saturated rings. The first-order valence-electron chi connectivity index (χ1n) is 7.53. The molecule has 0 saturated carbocycles. The van der Waals surface area contributed by atoms with Crippen molar-refractivity contribution in [3.63, 3.8) is 0 Å². The zero-order chi connectivity index (χ0) is 18.7. The molecule has 0 amide bonds. The molecule has 0 radical (unpaired) electrons. The maximum atomic E-state index is 14.0. The number of nitrogens with zero attached hydrogens (tertiary/aromatic N) is 2. The molecule has 2 N–H and O–H groups in total. The fourth-order valence-corrected chi connectivity index (χ4v) is 2.38. The lowest BCUT2D eigenvalue weighted by atomic mass is 10.2. The van der Waals surface area contributed by atoms with Gasteiger partial charge in [-0.3, -0.25) is 14.8 Å².